The fourth-order valence-corrected chi connectivity index (χ4v) is 3.87. The summed E-state index contributed by atoms with van der Waals surface area (Å²) >= 11 is 0. The SMILES string of the molecule is CN(CCCC(C#N)(c1ccccc1F)C1CC1)CCc1ccccc1. The summed E-state index contributed by atoms with van der Waals surface area (Å²) in [5.41, 5.74) is 1.28. The first-order chi connectivity index (χ1) is 12.7. The van der Waals surface area contributed by atoms with Gasteiger partial charge >= 0.3 is 0 Å². The predicted octanol–water partition coefficient (Wildman–Crippen LogP) is 4.95. The molecule has 1 aliphatic rings. The van der Waals surface area contributed by atoms with Crippen LogP contribution in [0.4, 0.5) is 4.39 Å². The molecule has 2 aromatic rings. The Balaban J connectivity index is 1.57. The van der Waals surface area contributed by atoms with Crippen LogP contribution in [-0.4, -0.2) is 25.0 Å². The molecule has 2 aromatic carbocycles. The molecule has 0 aliphatic heterocycles. The first-order valence-corrected chi connectivity index (χ1v) is 9.54. The molecule has 0 spiro atoms. The molecular weight excluding hydrogens is 323 g/mol. The van der Waals surface area contributed by atoms with E-state index in [0.717, 1.165) is 45.2 Å². The molecule has 1 unspecified atom stereocenters. The monoisotopic (exact) mass is 350 g/mol. The standard InChI is InChI=1S/C23H27FN2/c1-26(17-14-19-8-3-2-4-9-19)16-7-15-23(18-25,20-12-13-20)21-10-5-6-11-22(21)24/h2-6,8-11,20H,7,12-17H2,1H3. The molecule has 1 aliphatic carbocycles. The van der Waals surface area contributed by atoms with Gasteiger partial charge in [0, 0.05) is 12.1 Å². The molecule has 1 fully saturated rings. The maximum atomic E-state index is 14.4. The zero-order valence-electron chi connectivity index (χ0n) is 15.5. The number of nitriles is 1. The second-order valence-electron chi connectivity index (χ2n) is 7.48. The number of rotatable bonds is 9. The molecule has 0 saturated heterocycles. The van der Waals surface area contributed by atoms with Gasteiger partial charge in [-0.2, -0.15) is 5.26 Å². The highest BCUT2D eigenvalue weighted by Gasteiger charge is 2.47. The normalized spacial score (nSPS) is 16.2. The van der Waals surface area contributed by atoms with Crippen LogP contribution >= 0.6 is 0 Å². The van der Waals surface area contributed by atoms with Crippen LogP contribution < -0.4 is 0 Å². The van der Waals surface area contributed by atoms with Crippen molar-refractivity contribution in [1.82, 2.24) is 4.90 Å². The zero-order chi connectivity index (χ0) is 18.4. The Morgan fingerprint density at radius 1 is 1.08 bits per heavy atom. The molecule has 3 rings (SSSR count). The van der Waals surface area contributed by atoms with Gasteiger partial charge in [-0.3, -0.25) is 0 Å². The fourth-order valence-electron chi connectivity index (χ4n) is 3.87. The van der Waals surface area contributed by atoms with Crippen LogP contribution in [0.1, 0.15) is 36.8 Å². The van der Waals surface area contributed by atoms with Gasteiger partial charge in [-0.15, -0.1) is 0 Å². The quantitative estimate of drug-likeness (QED) is 0.640. The lowest BCUT2D eigenvalue weighted by molar-refractivity contribution is 0.306. The van der Waals surface area contributed by atoms with Crippen LogP contribution in [0, 0.1) is 23.1 Å². The Morgan fingerprint density at radius 2 is 1.77 bits per heavy atom. The molecule has 2 nitrogen and oxygen atoms in total. The molecule has 0 bridgehead atoms. The van der Waals surface area contributed by atoms with E-state index < -0.39 is 5.41 Å². The lowest BCUT2D eigenvalue weighted by Gasteiger charge is -2.28. The van der Waals surface area contributed by atoms with Crippen LogP contribution in [-0.2, 0) is 11.8 Å². The van der Waals surface area contributed by atoms with Crippen molar-refractivity contribution < 1.29 is 4.39 Å². The summed E-state index contributed by atoms with van der Waals surface area (Å²) in [5, 5.41) is 9.95. The van der Waals surface area contributed by atoms with Gasteiger partial charge in [0.2, 0.25) is 0 Å². The van der Waals surface area contributed by atoms with E-state index in [9.17, 15) is 9.65 Å². The second-order valence-corrected chi connectivity index (χ2v) is 7.48. The summed E-state index contributed by atoms with van der Waals surface area (Å²) in [5.74, 6) is 0.0670. The summed E-state index contributed by atoms with van der Waals surface area (Å²) in [4.78, 5) is 2.31. The fraction of sp³-hybridized carbons (Fsp3) is 0.435. The second kappa shape index (κ2) is 8.47. The minimum atomic E-state index is -0.661. The number of halogens is 1. The lowest BCUT2D eigenvalue weighted by Crippen LogP contribution is -2.30. The van der Waals surface area contributed by atoms with Crippen LogP contribution in [0.3, 0.4) is 0 Å². The summed E-state index contributed by atoms with van der Waals surface area (Å²) < 4.78 is 14.4. The zero-order valence-corrected chi connectivity index (χ0v) is 15.5. The van der Waals surface area contributed by atoms with Gasteiger partial charge in [-0.1, -0.05) is 48.5 Å². The van der Waals surface area contributed by atoms with Gasteiger partial charge < -0.3 is 4.90 Å². The number of nitrogens with zero attached hydrogens (tertiary/aromatic N) is 2. The highest BCUT2D eigenvalue weighted by atomic mass is 19.1. The Kier molecular flexibility index (Phi) is 6.06. The molecular formula is C23H27FN2. The van der Waals surface area contributed by atoms with Crippen LogP contribution in [0.15, 0.2) is 54.6 Å². The molecule has 26 heavy (non-hydrogen) atoms. The van der Waals surface area contributed by atoms with Crippen molar-refractivity contribution in [3.8, 4) is 6.07 Å². The van der Waals surface area contributed by atoms with E-state index in [1.165, 1.54) is 11.6 Å². The third-order valence-corrected chi connectivity index (χ3v) is 5.56. The molecule has 1 atom stereocenters. The van der Waals surface area contributed by atoms with Gasteiger partial charge in [-0.25, -0.2) is 4.39 Å². The number of hydrogen-bond donors (Lipinski definition) is 0. The summed E-state index contributed by atoms with van der Waals surface area (Å²) in [6.07, 6.45) is 4.72. The van der Waals surface area contributed by atoms with Crippen LogP contribution in [0.5, 0.6) is 0 Å². The predicted molar refractivity (Wildman–Crippen MR) is 103 cm³/mol. The van der Waals surface area contributed by atoms with Crippen molar-refractivity contribution in [2.24, 2.45) is 5.92 Å². The van der Waals surface area contributed by atoms with E-state index in [2.05, 4.69) is 42.3 Å². The van der Waals surface area contributed by atoms with E-state index in [4.69, 9.17) is 0 Å². The average molecular weight is 350 g/mol. The first kappa shape index (κ1) is 18.6. The minimum Gasteiger partial charge on any atom is -0.306 e. The van der Waals surface area contributed by atoms with E-state index >= 15 is 0 Å². The smallest absolute Gasteiger partial charge is 0.128 e. The van der Waals surface area contributed by atoms with Crippen molar-refractivity contribution in [1.29, 1.82) is 5.26 Å². The Bertz CT molecular complexity index is 748. The average Bonchev–Trinajstić information content (AvgIpc) is 3.51. The van der Waals surface area contributed by atoms with Crippen molar-refractivity contribution >= 4 is 0 Å². The van der Waals surface area contributed by atoms with E-state index in [-0.39, 0.29) is 5.82 Å². The molecule has 0 heterocycles. The third kappa shape index (κ3) is 4.31. The van der Waals surface area contributed by atoms with Crippen molar-refractivity contribution in [2.45, 2.75) is 37.5 Å². The van der Waals surface area contributed by atoms with Gasteiger partial charge in [0.05, 0.1) is 11.5 Å². The van der Waals surface area contributed by atoms with E-state index in [1.807, 2.05) is 12.1 Å². The highest BCUT2D eigenvalue weighted by molar-refractivity contribution is 5.36. The van der Waals surface area contributed by atoms with Crippen molar-refractivity contribution in [3.05, 3.63) is 71.5 Å². The molecule has 136 valence electrons. The summed E-state index contributed by atoms with van der Waals surface area (Å²) in [6, 6.07) is 19.8. The summed E-state index contributed by atoms with van der Waals surface area (Å²) in [6.45, 7) is 1.92. The third-order valence-electron chi connectivity index (χ3n) is 5.56. The van der Waals surface area contributed by atoms with Gasteiger partial charge in [0.25, 0.3) is 0 Å². The number of benzene rings is 2. The van der Waals surface area contributed by atoms with Crippen LogP contribution in [0.25, 0.3) is 0 Å². The van der Waals surface area contributed by atoms with E-state index in [0.29, 0.717) is 11.5 Å². The maximum absolute atomic E-state index is 14.4. The maximum Gasteiger partial charge on any atom is 0.128 e. The number of hydrogen-bond acceptors (Lipinski definition) is 2. The Hall–Kier alpha value is -2.18. The van der Waals surface area contributed by atoms with Crippen LogP contribution in [0.2, 0.25) is 0 Å². The van der Waals surface area contributed by atoms with Crippen molar-refractivity contribution in [3.63, 3.8) is 0 Å². The largest absolute Gasteiger partial charge is 0.306 e. The molecule has 0 N–H and O–H groups in total. The van der Waals surface area contributed by atoms with Gasteiger partial charge in [0.15, 0.2) is 0 Å². The summed E-state index contributed by atoms with van der Waals surface area (Å²) in [7, 11) is 2.12. The topological polar surface area (TPSA) is 27.0 Å². The minimum absolute atomic E-state index is 0.238. The molecule has 0 amide bonds. The van der Waals surface area contributed by atoms with Gasteiger partial charge in [0.1, 0.15) is 5.82 Å². The lowest BCUT2D eigenvalue weighted by atomic mass is 9.73. The Morgan fingerprint density at radius 3 is 2.42 bits per heavy atom. The highest BCUT2D eigenvalue weighted by Crippen LogP contribution is 2.50. The molecule has 1 saturated carbocycles. The molecule has 0 radical (unpaired) electrons. The Labute approximate surface area is 156 Å². The molecule has 3 heteroatoms. The van der Waals surface area contributed by atoms with E-state index in [1.54, 1.807) is 12.1 Å². The number of likely N-dealkylation sites (N-methyl/N-ethyl adjacent to an activating group) is 1. The van der Waals surface area contributed by atoms with Crippen molar-refractivity contribution in [2.75, 3.05) is 20.1 Å². The first-order valence-electron chi connectivity index (χ1n) is 9.54. The van der Waals surface area contributed by atoms with Gasteiger partial charge in [-0.05, 0) is 63.2 Å². The molecule has 0 aromatic heterocycles.